The standard InChI is InChI=1S/C13H10ClF2NO2S/c14-10-6-4-9(5-7-10)8-20(18,19)17-13-11(15)2-1-3-12(13)16/h1-7,17H,8H2. The molecule has 0 radical (unpaired) electrons. The number of rotatable bonds is 4. The van der Waals surface area contributed by atoms with Crippen LogP contribution in [-0.4, -0.2) is 8.42 Å². The Morgan fingerprint density at radius 2 is 1.55 bits per heavy atom. The molecule has 0 unspecified atom stereocenters. The van der Waals surface area contributed by atoms with Gasteiger partial charge in [-0.3, -0.25) is 4.72 Å². The van der Waals surface area contributed by atoms with Gasteiger partial charge in [-0.05, 0) is 29.8 Å². The van der Waals surface area contributed by atoms with Crippen LogP contribution in [0.4, 0.5) is 14.5 Å². The summed E-state index contributed by atoms with van der Waals surface area (Å²) in [5.74, 6) is -2.34. The predicted octanol–water partition coefficient (Wildman–Crippen LogP) is 3.56. The van der Waals surface area contributed by atoms with Crippen molar-refractivity contribution < 1.29 is 17.2 Å². The second kappa shape index (κ2) is 5.76. The summed E-state index contributed by atoms with van der Waals surface area (Å²) in [6, 6.07) is 9.23. The molecule has 0 heterocycles. The highest BCUT2D eigenvalue weighted by Gasteiger charge is 2.17. The monoisotopic (exact) mass is 317 g/mol. The van der Waals surface area contributed by atoms with Crippen molar-refractivity contribution in [1.29, 1.82) is 0 Å². The van der Waals surface area contributed by atoms with Crippen molar-refractivity contribution >= 4 is 27.3 Å². The second-order valence-electron chi connectivity index (χ2n) is 4.08. The molecule has 2 aromatic rings. The Bertz CT molecular complexity index is 697. The number of hydrogen-bond acceptors (Lipinski definition) is 2. The van der Waals surface area contributed by atoms with E-state index in [0.29, 0.717) is 10.6 Å². The van der Waals surface area contributed by atoms with Crippen LogP contribution in [0.15, 0.2) is 42.5 Å². The maximum Gasteiger partial charge on any atom is 0.237 e. The van der Waals surface area contributed by atoms with Crippen LogP contribution in [0.1, 0.15) is 5.56 Å². The van der Waals surface area contributed by atoms with Gasteiger partial charge >= 0.3 is 0 Å². The summed E-state index contributed by atoms with van der Waals surface area (Å²) in [7, 11) is -3.92. The van der Waals surface area contributed by atoms with E-state index in [0.717, 1.165) is 18.2 Å². The molecule has 0 bridgehead atoms. The molecule has 0 aliphatic rings. The summed E-state index contributed by atoms with van der Waals surface area (Å²) < 4.78 is 52.4. The smallest absolute Gasteiger partial charge is 0.237 e. The Balaban J connectivity index is 2.21. The molecule has 2 rings (SSSR count). The number of benzene rings is 2. The van der Waals surface area contributed by atoms with E-state index in [2.05, 4.69) is 0 Å². The van der Waals surface area contributed by atoms with E-state index in [1.165, 1.54) is 24.3 Å². The van der Waals surface area contributed by atoms with Crippen LogP contribution in [0.5, 0.6) is 0 Å². The molecule has 0 aliphatic heterocycles. The van der Waals surface area contributed by atoms with E-state index < -0.39 is 33.1 Å². The first kappa shape index (κ1) is 14.7. The van der Waals surface area contributed by atoms with E-state index >= 15 is 0 Å². The lowest BCUT2D eigenvalue weighted by molar-refractivity contribution is 0.582. The Hall–Kier alpha value is -1.66. The lowest BCUT2D eigenvalue weighted by atomic mass is 10.2. The summed E-state index contributed by atoms with van der Waals surface area (Å²) in [5.41, 5.74) is -0.222. The number of nitrogens with one attached hydrogen (secondary N) is 1. The Kier molecular flexibility index (Phi) is 4.25. The Morgan fingerprint density at radius 3 is 2.10 bits per heavy atom. The molecular formula is C13H10ClF2NO2S. The molecule has 106 valence electrons. The van der Waals surface area contributed by atoms with Gasteiger partial charge in [0.15, 0.2) is 0 Å². The molecule has 0 fully saturated rings. The third-order valence-corrected chi connectivity index (χ3v) is 3.97. The van der Waals surface area contributed by atoms with Crippen molar-refractivity contribution in [3.8, 4) is 0 Å². The molecule has 1 N–H and O–H groups in total. The average molecular weight is 318 g/mol. The molecule has 7 heteroatoms. The van der Waals surface area contributed by atoms with Crippen molar-refractivity contribution in [3.63, 3.8) is 0 Å². The minimum atomic E-state index is -3.92. The van der Waals surface area contributed by atoms with Gasteiger partial charge in [0.2, 0.25) is 10.0 Å². The number of hydrogen-bond donors (Lipinski definition) is 1. The number of para-hydroxylation sites is 1. The van der Waals surface area contributed by atoms with E-state index in [9.17, 15) is 17.2 Å². The number of sulfonamides is 1. The van der Waals surface area contributed by atoms with Crippen LogP contribution in [0, 0.1) is 11.6 Å². The Morgan fingerprint density at radius 1 is 1.00 bits per heavy atom. The summed E-state index contributed by atoms with van der Waals surface area (Å²) in [4.78, 5) is 0. The zero-order valence-corrected chi connectivity index (χ0v) is 11.7. The molecule has 0 saturated carbocycles. The van der Waals surface area contributed by atoms with Crippen LogP contribution in [0.3, 0.4) is 0 Å². The maximum absolute atomic E-state index is 13.4. The van der Waals surface area contributed by atoms with Crippen LogP contribution >= 0.6 is 11.6 Å². The predicted molar refractivity (Wildman–Crippen MR) is 74.1 cm³/mol. The van der Waals surface area contributed by atoms with Crippen molar-refractivity contribution in [1.82, 2.24) is 0 Å². The van der Waals surface area contributed by atoms with Crippen molar-refractivity contribution in [2.24, 2.45) is 0 Å². The molecule has 0 spiro atoms. The molecule has 20 heavy (non-hydrogen) atoms. The van der Waals surface area contributed by atoms with Gasteiger partial charge in [-0.25, -0.2) is 17.2 Å². The molecule has 3 nitrogen and oxygen atoms in total. The minimum Gasteiger partial charge on any atom is -0.278 e. The van der Waals surface area contributed by atoms with Gasteiger partial charge in [0.25, 0.3) is 0 Å². The molecule has 2 aromatic carbocycles. The quantitative estimate of drug-likeness (QED) is 0.937. The SMILES string of the molecule is O=S(=O)(Cc1ccc(Cl)cc1)Nc1c(F)cccc1F. The highest BCUT2D eigenvalue weighted by Crippen LogP contribution is 2.21. The molecule has 0 aliphatic carbocycles. The first-order chi connectivity index (χ1) is 9.37. The zero-order valence-electron chi connectivity index (χ0n) is 10.1. The fraction of sp³-hybridized carbons (Fsp3) is 0.0769. The third kappa shape index (κ3) is 3.68. The van der Waals surface area contributed by atoms with Gasteiger partial charge in [-0.15, -0.1) is 0 Å². The largest absolute Gasteiger partial charge is 0.278 e. The van der Waals surface area contributed by atoms with Gasteiger partial charge in [-0.2, -0.15) is 0 Å². The van der Waals surface area contributed by atoms with Crippen LogP contribution in [-0.2, 0) is 15.8 Å². The van der Waals surface area contributed by atoms with Crippen LogP contribution in [0.2, 0.25) is 5.02 Å². The first-order valence-electron chi connectivity index (χ1n) is 5.56. The average Bonchev–Trinajstić information content (AvgIpc) is 2.37. The van der Waals surface area contributed by atoms with Crippen molar-refractivity contribution in [2.45, 2.75) is 5.75 Å². The second-order valence-corrected chi connectivity index (χ2v) is 6.24. The highest BCUT2D eigenvalue weighted by molar-refractivity contribution is 7.91. The van der Waals surface area contributed by atoms with Gasteiger partial charge in [0.05, 0.1) is 5.75 Å². The molecule has 0 saturated heterocycles. The fourth-order valence-corrected chi connectivity index (χ4v) is 2.92. The van der Waals surface area contributed by atoms with Gasteiger partial charge in [0, 0.05) is 5.02 Å². The summed E-state index contributed by atoms with van der Waals surface area (Å²) in [5, 5.41) is 0.472. The summed E-state index contributed by atoms with van der Waals surface area (Å²) in [6.07, 6.45) is 0. The summed E-state index contributed by atoms with van der Waals surface area (Å²) >= 11 is 5.69. The van der Waals surface area contributed by atoms with Crippen LogP contribution in [0.25, 0.3) is 0 Å². The number of anilines is 1. The normalized spacial score (nSPS) is 11.3. The van der Waals surface area contributed by atoms with E-state index in [4.69, 9.17) is 11.6 Å². The molecule has 0 atom stereocenters. The number of halogens is 3. The molecule has 0 aromatic heterocycles. The van der Waals surface area contributed by atoms with E-state index in [-0.39, 0.29) is 0 Å². The van der Waals surface area contributed by atoms with Gasteiger partial charge in [0.1, 0.15) is 17.3 Å². The molecular weight excluding hydrogens is 308 g/mol. The van der Waals surface area contributed by atoms with E-state index in [1.807, 2.05) is 4.72 Å². The van der Waals surface area contributed by atoms with Crippen LogP contribution < -0.4 is 4.72 Å². The fourth-order valence-electron chi connectivity index (χ4n) is 1.59. The van der Waals surface area contributed by atoms with Gasteiger partial charge in [-0.1, -0.05) is 29.8 Å². The highest BCUT2D eigenvalue weighted by atomic mass is 35.5. The van der Waals surface area contributed by atoms with Crippen molar-refractivity contribution in [3.05, 3.63) is 64.7 Å². The lowest BCUT2D eigenvalue weighted by Crippen LogP contribution is -2.17. The minimum absolute atomic E-state index is 0.405. The topological polar surface area (TPSA) is 46.2 Å². The van der Waals surface area contributed by atoms with E-state index in [1.54, 1.807) is 0 Å². The molecule has 0 amide bonds. The first-order valence-corrected chi connectivity index (χ1v) is 7.59. The summed E-state index contributed by atoms with van der Waals surface area (Å²) in [6.45, 7) is 0. The van der Waals surface area contributed by atoms with Crippen molar-refractivity contribution in [2.75, 3.05) is 4.72 Å². The zero-order chi connectivity index (χ0) is 14.8. The Labute approximate surface area is 120 Å². The lowest BCUT2D eigenvalue weighted by Gasteiger charge is -2.09. The van der Waals surface area contributed by atoms with Gasteiger partial charge < -0.3 is 0 Å². The maximum atomic E-state index is 13.4. The third-order valence-electron chi connectivity index (χ3n) is 2.49.